The van der Waals surface area contributed by atoms with Crippen LogP contribution in [0.1, 0.15) is 26.7 Å². The van der Waals surface area contributed by atoms with Gasteiger partial charge in [-0.3, -0.25) is 9.59 Å². The van der Waals surface area contributed by atoms with E-state index >= 15 is 0 Å². The van der Waals surface area contributed by atoms with Crippen molar-refractivity contribution >= 4 is 18.3 Å². The van der Waals surface area contributed by atoms with Gasteiger partial charge >= 0.3 is 11.9 Å². The Morgan fingerprint density at radius 3 is 2.56 bits per heavy atom. The summed E-state index contributed by atoms with van der Waals surface area (Å²) in [5.41, 5.74) is 0.698. The van der Waals surface area contributed by atoms with Gasteiger partial charge in [0.15, 0.2) is 0 Å². The van der Waals surface area contributed by atoms with Crippen molar-refractivity contribution in [2.45, 2.75) is 32.7 Å². The van der Waals surface area contributed by atoms with E-state index in [9.17, 15) is 14.4 Å². The fourth-order valence-electron chi connectivity index (χ4n) is 1.27. The Labute approximate surface area is 106 Å². The van der Waals surface area contributed by atoms with Crippen molar-refractivity contribution in [3.05, 3.63) is 12.2 Å². The number of hydrogen-bond acceptors (Lipinski definition) is 5. The number of hydrogen-bond donors (Lipinski definition) is 1. The molecule has 0 aromatic rings. The quantitative estimate of drug-likeness (QED) is 0.371. The number of esters is 2. The largest absolute Gasteiger partial charge is 0.466 e. The topological polar surface area (TPSA) is 81.7 Å². The van der Waals surface area contributed by atoms with Gasteiger partial charge in [0.2, 0.25) is 6.41 Å². The minimum Gasteiger partial charge on any atom is -0.466 e. The molecule has 0 radical (unpaired) electrons. The smallest absolute Gasteiger partial charge is 0.328 e. The number of carbonyl (C=O) groups is 3. The Bertz CT molecular complexity index is 314. The molecule has 0 aliphatic carbocycles. The maximum absolute atomic E-state index is 11.5. The van der Waals surface area contributed by atoms with Crippen molar-refractivity contribution in [3.63, 3.8) is 0 Å². The van der Waals surface area contributed by atoms with E-state index in [1.807, 2.05) is 0 Å². The maximum atomic E-state index is 11.5. The molecule has 102 valence electrons. The lowest BCUT2D eigenvalue weighted by Crippen LogP contribution is -2.37. The predicted octanol–water partition coefficient (Wildman–Crippen LogP) is 0.564. The first-order chi connectivity index (χ1) is 8.51. The third-order valence-electron chi connectivity index (χ3n) is 2.09. The van der Waals surface area contributed by atoms with Crippen LogP contribution < -0.4 is 5.32 Å². The molecule has 0 aliphatic heterocycles. The van der Waals surface area contributed by atoms with Crippen LogP contribution in [0.4, 0.5) is 0 Å². The fourth-order valence-corrected chi connectivity index (χ4v) is 1.27. The van der Waals surface area contributed by atoms with Gasteiger partial charge in [-0.25, -0.2) is 4.79 Å². The second-order valence-electron chi connectivity index (χ2n) is 3.63. The lowest BCUT2D eigenvalue weighted by atomic mass is 10.1. The summed E-state index contributed by atoms with van der Waals surface area (Å²) in [4.78, 5) is 32.4. The van der Waals surface area contributed by atoms with Crippen LogP contribution in [0.2, 0.25) is 0 Å². The molecule has 1 amide bonds. The zero-order chi connectivity index (χ0) is 14.0. The maximum Gasteiger partial charge on any atom is 0.328 e. The summed E-state index contributed by atoms with van der Waals surface area (Å²) < 4.78 is 9.57. The average Bonchev–Trinajstić information content (AvgIpc) is 2.28. The summed E-state index contributed by atoms with van der Waals surface area (Å²) in [5, 5.41) is 2.37. The molecular formula is C12H19NO5. The van der Waals surface area contributed by atoms with Crippen LogP contribution in [-0.2, 0) is 23.9 Å². The monoisotopic (exact) mass is 257 g/mol. The van der Waals surface area contributed by atoms with Gasteiger partial charge in [-0.2, -0.15) is 0 Å². The van der Waals surface area contributed by atoms with Crippen molar-refractivity contribution in [1.29, 1.82) is 0 Å². The molecule has 0 aliphatic rings. The van der Waals surface area contributed by atoms with Crippen LogP contribution in [0.15, 0.2) is 12.2 Å². The molecule has 0 unspecified atom stereocenters. The van der Waals surface area contributed by atoms with Crippen LogP contribution >= 0.6 is 0 Å². The summed E-state index contributed by atoms with van der Waals surface area (Å²) in [6, 6.07) is -0.743. The van der Waals surface area contributed by atoms with Crippen molar-refractivity contribution in [3.8, 4) is 0 Å². The lowest BCUT2D eigenvalue weighted by Gasteiger charge is -2.15. The minimum atomic E-state index is -0.743. The first-order valence-corrected chi connectivity index (χ1v) is 5.67. The second-order valence-corrected chi connectivity index (χ2v) is 3.63. The highest BCUT2D eigenvalue weighted by Crippen LogP contribution is 2.09. The van der Waals surface area contributed by atoms with Crippen molar-refractivity contribution in [1.82, 2.24) is 5.32 Å². The third kappa shape index (κ3) is 7.43. The molecule has 1 N–H and O–H groups in total. The SMILES string of the molecule is C=C(CCOC(C)=O)C[C@@H](NC=O)C(=O)OCC. The summed E-state index contributed by atoms with van der Waals surface area (Å²) in [6.07, 6.45) is 1.15. The number of nitrogens with one attached hydrogen (secondary N) is 1. The molecule has 0 aromatic carbocycles. The van der Waals surface area contributed by atoms with Gasteiger partial charge in [0.05, 0.1) is 13.2 Å². The molecule has 0 saturated carbocycles. The number of carbonyl (C=O) groups excluding carboxylic acids is 3. The van der Waals surface area contributed by atoms with E-state index in [-0.39, 0.29) is 25.6 Å². The van der Waals surface area contributed by atoms with Crippen molar-refractivity contribution < 1.29 is 23.9 Å². The van der Waals surface area contributed by atoms with Gasteiger partial charge in [-0.15, -0.1) is 0 Å². The predicted molar refractivity (Wildman–Crippen MR) is 64.6 cm³/mol. The first kappa shape index (κ1) is 16.1. The molecule has 6 heteroatoms. The molecule has 1 atom stereocenters. The molecule has 0 heterocycles. The normalized spacial score (nSPS) is 11.2. The molecular weight excluding hydrogens is 238 g/mol. The van der Waals surface area contributed by atoms with Gasteiger partial charge in [0.1, 0.15) is 6.04 Å². The van der Waals surface area contributed by atoms with E-state index in [4.69, 9.17) is 9.47 Å². The van der Waals surface area contributed by atoms with E-state index in [1.165, 1.54) is 6.92 Å². The highest BCUT2D eigenvalue weighted by atomic mass is 16.5. The highest BCUT2D eigenvalue weighted by Gasteiger charge is 2.19. The summed E-state index contributed by atoms with van der Waals surface area (Å²) in [6.45, 7) is 7.22. The molecule has 0 aromatic heterocycles. The van der Waals surface area contributed by atoms with Crippen molar-refractivity contribution in [2.24, 2.45) is 0 Å². The fraction of sp³-hybridized carbons (Fsp3) is 0.583. The first-order valence-electron chi connectivity index (χ1n) is 5.67. The Morgan fingerprint density at radius 1 is 1.39 bits per heavy atom. The number of ether oxygens (including phenoxy) is 2. The van der Waals surface area contributed by atoms with Gasteiger partial charge in [0, 0.05) is 13.3 Å². The molecule has 0 saturated heterocycles. The van der Waals surface area contributed by atoms with E-state index in [1.54, 1.807) is 6.92 Å². The van der Waals surface area contributed by atoms with Crippen LogP contribution in [0.25, 0.3) is 0 Å². The minimum absolute atomic E-state index is 0.213. The van der Waals surface area contributed by atoms with Crippen LogP contribution in [0.3, 0.4) is 0 Å². The summed E-state index contributed by atoms with van der Waals surface area (Å²) >= 11 is 0. The lowest BCUT2D eigenvalue weighted by molar-refractivity contribution is -0.146. The molecule has 18 heavy (non-hydrogen) atoms. The molecule has 0 spiro atoms. The Hall–Kier alpha value is -1.85. The van der Waals surface area contributed by atoms with Crippen LogP contribution in [0.5, 0.6) is 0 Å². The Morgan fingerprint density at radius 2 is 2.06 bits per heavy atom. The van der Waals surface area contributed by atoms with E-state index in [0.717, 1.165) is 0 Å². The number of amides is 1. The standard InChI is InChI=1S/C12H19NO5/c1-4-17-12(16)11(13-8-14)7-9(2)5-6-18-10(3)15/h8,11H,2,4-7H2,1,3H3,(H,13,14)/t11-/m1/s1. The van der Waals surface area contributed by atoms with Gasteiger partial charge < -0.3 is 14.8 Å². The average molecular weight is 257 g/mol. The zero-order valence-electron chi connectivity index (χ0n) is 10.7. The van der Waals surface area contributed by atoms with E-state index in [0.29, 0.717) is 18.4 Å². The van der Waals surface area contributed by atoms with Gasteiger partial charge in [0.25, 0.3) is 0 Å². The Balaban J connectivity index is 4.14. The summed E-state index contributed by atoms with van der Waals surface area (Å²) in [5.74, 6) is -0.867. The molecule has 0 bridgehead atoms. The molecule has 0 rings (SSSR count). The van der Waals surface area contributed by atoms with Crippen LogP contribution in [-0.4, -0.2) is 37.6 Å². The van der Waals surface area contributed by atoms with E-state index in [2.05, 4.69) is 11.9 Å². The number of rotatable bonds is 9. The zero-order valence-corrected chi connectivity index (χ0v) is 10.7. The Kier molecular flexibility index (Phi) is 8.26. The van der Waals surface area contributed by atoms with Crippen LogP contribution in [0, 0.1) is 0 Å². The van der Waals surface area contributed by atoms with Gasteiger partial charge in [-0.05, 0) is 13.3 Å². The summed E-state index contributed by atoms with van der Waals surface area (Å²) in [7, 11) is 0. The van der Waals surface area contributed by atoms with Gasteiger partial charge in [-0.1, -0.05) is 12.2 Å². The molecule has 6 nitrogen and oxygen atoms in total. The van der Waals surface area contributed by atoms with E-state index < -0.39 is 12.0 Å². The van der Waals surface area contributed by atoms with Crippen molar-refractivity contribution in [2.75, 3.05) is 13.2 Å². The highest BCUT2D eigenvalue weighted by molar-refractivity contribution is 5.78. The molecule has 0 fully saturated rings. The second kappa shape index (κ2) is 9.21. The third-order valence-corrected chi connectivity index (χ3v) is 2.09.